The fourth-order valence-electron chi connectivity index (χ4n) is 2.79. The molecule has 0 aliphatic heterocycles. The first kappa shape index (κ1) is 19.0. The zero-order valence-electron chi connectivity index (χ0n) is 14.4. The number of carbonyl (C=O) groups is 1. The van der Waals surface area contributed by atoms with Gasteiger partial charge in [-0.1, -0.05) is 34.1 Å². The van der Waals surface area contributed by atoms with Crippen LogP contribution in [-0.4, -0.2) is 26.9 Å². The SMILES string of the molecule is C=CCN(Cc1cc(Br)ccc1F)C(=O)Cn1c(=O)cnc2ccccc21. The number of fused-ring (bicyclic) bond motifs is 1. The summed E-state index contributed by atoms with van der Waals surface area (Å²) in [5.74, 6) is -0.709. The molecule has 0 atom stereocenters. The van der Waals surface area contributed by atoms with Gasteiger partial charge in [0.2, 0.25) is 5.91 Å². The van der Waals surface area contributed by atoms with Crippen LogP contribution in [0.1, 0.15) is 5.56 Å². The number of hydrogen-bond acceptors (Lipinski definition) is 3. The lowest BCUT2D eigenvalue weighted by Crippen LogP contribution is -2.36. The Labute approximate surface area is 163 Å². The molecule has 1 heterocycles. The molecule has 0 radical (unpaired) electrons. The molecule has 7 heteroatoms. The first-order chi connectivity index (χ1) is 13.0. The molecule has 138 valence electrons. The predicted molar refractivity (Wildman–Crippen MR) is 106 cm³/mol. The molecule has 0 saturated heterocycles. The van der Waals surface area contributed by atoms with Gasteiger partial charge in [0.15, 0.2) is 0 Å². The summed E-state index contributed by atoms with van der Waals surface area (Å²) >= 11 is 3.31. The van der Waals surface area contributed by atoms with Gasteiger partial charge in [0.05, 0.1) is 17.2 Å². The van der Waals surface area contributed by atoms with E-state index in [0.29, 0.717) is 16.6 Å². The number of halogens is 2. The van der Waals surface area contributed by atoms with Gasteiger partial charge in [0.1, 0.15) is 12.4 Å². The summed E-state index contributed by atoms with van der Waals surface area (Å²) in [6, 6.07) is 11.7. The molecule has 0 aliphatic rings. The fourth-order valence-corrected chi connectivity index (χ4v) is 3.20. The van der Waals surface area contributed by atoms with Crippen LogP contribution in [0.2, 0.25) is 0 Å². The number of rotatable bonds is 6. The fraction of sp³-hybridized carbons (Fsp3) is 0.150. The molecule has 27 heavy (non-hydrogen) atoms. The third kappa shape index (κ3) is 4.31. The molecule has 0 N–H and O–H groups in total. The van der Waals surface area contributed by atoms with Gasteiger partial charge in [0, 0.05) is 23.1 Å². The first-order valence-corrected chi connectivity index (χ1v) is 9.06. The Hall–Kier alpha value is -2.80. The van der Waals surface area contributed by atoms with Crippen LogP contribution < -0.4 is 5.56 Å². The zero-order valence-corrected chi connectivity index (χ0v) is 16.0. The monoisotopic (exact) mass is 429 g/mol. The third-order valence-electron chi connectivity index (χ3n) is 4.12. The number of hydrogen-bond donors (Lipinski definition) is 0. The summed E-state index contributed by atoms with van der Waals surface area (Å²) in [5, 5.41) is 0. The van der Waals surface area contributed by atoms with Crippen LogP contribution in [0.3, 0.4) is 0 Å². The van der Waals surface area contributed by atoms with Crippen molar-refractivity contribution < 1.29 is 9.18 Å². The molecule has 0 saturated carbocycles. The number of amides is 1. The number of benzene rings is 2. The van der Waals surface area contributed by atoms with E-state index in [9.17, 15) is 14.0 Å². The summed E-state index contributed by atoms with van der Waals surface area (Å²) < 4.78 is 16.2. The maximum absolute atomic E-state index is 14.1. The lowest BCUT2D eigenvalue weighted by molar-refractivity contribution is -0.131. The van der Waals surface area contributed by atoms with E-state index >= 15 is 0 Å². The van der Waals surface area contributed by atoms with Crippen molar-refractivity contribution in [2.45, 2.75) is 13.1 Å². The number of nitrogens with zero attached hydrogens (tertiary/aromatic N) is 3. The lowest BCUT2D eigenvalue weighted by atomic mass is 10.2. The summed E-state index contributed by atoms with van der Waals surface area (Å²) in [6.07, 6.45) is 2.77. The van der Waals surface area contributed by atoms with E-state index in [0.717, 1.165) is 4.47 Å². The minimum Gasteiger partial charge on any atom is -0.333 e. The van der Waals surface area contributed by atoms with Crippen LogP contribution >= 0.6 is 15.9 Å². The van der Waals surface area contributed by atoms with E-state index < -0.39 is 5.82 Å². The van der Waals surface area contributed by atoms with Crippen molar-refractivity contribution >= 4 is 32.9 Å². The van der Waals surface area contributed by atoms with Gasteiger partial charge < -0.3 is 4.90 Å². The summed E-state index contributed by atoms with van der Waals surface area (Å²) in [5.41, 5.74) is 1.21. The van der Waals surface area contributed by atoms with Gasteiger partial charge in [-0.15, -0.1) is 6.58 Å². The summed E-state index contributed by atoms with van der Waals surface area (Å²) in [6.45, 7) is 3.82. The van der Waals surface area contributed by atoms with E-state index in [-0.39, 0.29) is 31.1 Å². The van der Waals surface area contributed by atoms with Crippen LogP contribution in [0, 0.1) is 5.82 Å². The molecule has 2 aromatic carbocycles. The molecule has 0 unspecified atom stereocenters. The average Bonchev–Trinajstić information content (AvgIpc) is 2.66. The highest BCUT2D eigenvalue weighted by Gasteiger charge is 2.17. The van der Waals surface area contributed by atoms with Crippen molar-refractivity contribution in [1.82, 2.24) is 14.5 Å². The molecule has 3 aromatic rings. The minimum atomic E-state index is -0.397. The normalized spacial score (nSPS) is 10.7. The highest BCUT2D eigenvalue weighted by molar-refractivity contribution is 9.10. The van der Waals surface area contributed by atoms with E-state index in [1.54, 1.807) is 36.4 Å². The van der Waals surface area contributed by atoms with Crippen molar-refractivity contribution in [2.24, 2.45) is 0 Å². The molecular formula is C20H17BrFN3O2. The first-order valence-electron chi connectivity index (χ1n) is 8.27. The lowest BCUT2D eigenvalue weighted by Gasteiger charge is -2.22. The molecule has 1 amide bonds. The zero-order chi connectivity index (χ0) is 19.4. The Morgan fingerprint density at radius 3 is 2.85 bits per heavy atom. The maximum atomic E-state index is 14.1. The standard InChI is InChI=1S/C20H17BrFN3O2/c1-2-9-24(12-14-10-15(21)7-8-16(14)22)20(27)13-25-18-6-4-3-5-17(18)23-11-19(25)26/h2-8,10-11H,1,9,12-13H2. The van der Waals surface area contributed by atoms with Crippen molar-refractivity contribution in [3.63, 3.8) is 0 Å². The van der Waals surface area contributed by atoms with Gasteiger partial charge in [-0.3, -0.25) is 14.2 Å². The molecule has 0 aliphatic carbocycles. The van der Waals surface area contributed by atoms with E-state index in [1.807, 2.05) is 6.07 Å². The van der Waals surface area contributed by atoms with Crippen LogP contribution in [0.15, 0.2) is 70.6 Å². The van der Waals surface area contributed by atoms with Crippen LogP contribution in [-0.2, 0) is 17.9 Å². The van der Waals surface area contributed by atoms with Crippen LogP contribution in [0.4, 0.5) is 4.39 Å². The second kappa shape index (κ2) is 8.26. The highest BCUT2D eigenvalue weighted by Crippen LogP contribution is 2.18. The van der Waals surface area contributed by atoms with E-state index in [1.165, 1.54) is 21.7 Å². The summed E-state index contributed by atoms with van der Waals surface area (Å²) in [7, 11) is 0. The van der Waals surface area contributed by atoms with Crippen molar-refractivity contribution in [3.05, 3.63) is 87.5 Å². The topological polar surface area (TPSA) is 55.2 Å². The van der Waals surface area contributed by atoms with Gasteiger partial charge in [-0.25, -0.2) is 9.37 Å². The number of carbonyl (C=O) groups excluding carboxylic acids is 1. The van der Waals surface area contributed by atoms with Crippen LogP contribution in [0.25, 0.3) is 11.0 Å². The van der Waals surface area contributed by atoms with Crippen molar-refractivity contribution in [3.8, 4) is 0 Å². The molecule has 5 nitrogen and oxygen atoms in total. The van der Waals surface area contributed by atoms with E-state index in [2.05, 4.69) is 27.5 Å². The Balaban J connectivity index is 1.90. The average molecular weight is 430 g/mol. The Kier molecular flexibility index (Phi) is 5.81. The third-order valence-corrected chi connectivity index (χ3v) is 4.61. The minimum absolute atomic E-state index is 0.0773. The van der Waals surface area contributed by atoms with E-state index in [4.69, 9.17) is 0 Å². The van der Waals surface area contributed by atoms with Gasteiger partial charge in [-0.2, -0.15) is 0 Å². The Morgan fingerprint density at radius 1 is 1.30 bits per heavy atom. The molecule has 0 fully saturated rings. The predicted octanol–water partition coefficient (Wildman–Crippen LogP) is 3.51. The smallest absolute Gasteiger partial charge is 0.269 e. The molecule has 0 spiro atoms. The molecule has 3 rings (SSSR count). The van der Waals surface area contributed by atoms with Crippen LogP contribution in [0.5, 0.6) is 0 Å². The Morgan fingerprint density at radius 2 is 2.07 bits per heavy atom. The van der Waals surface area contributed by atoms with Gasteiger partial charge in [0.25, 0.3) is 5.56 Å². The number of aromatic nitrogens is 2. The molecular weight excluding hydrogens is 413 g/mol. The van der Waals surface area contributed by atoms with Crippen molar-refractivity contribution in [2.75, 3.05) is 6.54 Å². The number of para-hydroxylation sites is 2. The van der Waals surface area contributed by atoms with Gasteiger partial charge >= 0.3 is 0 Å². The quantitative estimate of drug-likeness (QED) is 0.563. The molecule has 1 aromatic heterocycles. The highest BCUT2D eigenvalue weighted by atomic mass is 79.9. The second-order valence-electron chi connectivity index (χ2n) is 5.97. The summed E-state index contributed by atoms with van der Waals surface area (Å²) in [4.78, 5) is 30.7. The van der Waals surface area contributed by atoms with Crippen molar-refractivity contribution in [1.29, 1.82) is 0 Å². The molecule has 0 bridgehead atoms. The Bertz CT molecular complexity index is 1060. The second-order valence-corrected chi connectivity index (χ2v) is 6.89. The largest absolute Gasteiger partial charge is 0.333 e. The van der Waals surface area contributed by atoms with Gasteiger partial charge in [-0.05, 0) is 30.3 Å². The maximum Gasteiger partial charge on any atom is 0.269 e.